The van der Waals surface area contributed by atoms with Gasteiger partial charge in [0.2, 0.25) is 0 Å². The van der Waals surface area contributed by atoms with Gasteiger partial charge in [-0.2, -0.15) is 0 Å². The van der Waals surface area contributed by atoms with Crippen molar-refractivity contribution in [3.8, 4) is 11.3 Å². The van der Waals surface area contributed by atoms with Gasteiger partial charge in [-0.1, -0.05) is 18.5 Å². The van der Waals surface area contributed by atoms with Crippen LogP contribution in [0.25, 0.3) is 11.3 Å². The molecular formula is C18H23ClN2O. The van der Waals surface area contributed by atoms with Gasteiger partial charge >= 0.3 is 0 Å². The van der Waals surface area contributed by atoms with Crippen LogP contribution in [0.2, 0.25) is 5.02 Å². The summed E-state index contributed by atoms with van der Waals surface area (Å²) in [4.78, 5) is 4.79. The first-order chi connectivity index (χ1) is 10.7. The molecule has 1 aromatic carbocycles. The van der Waals surface area contributed by atoms with E-state index in [4.69, 9.17) is 16.0 Å². The number of halogens is 1. The van der Waals surface area contributed by atoms with Crippen molar-refractivity contribution in [2.24, 2.45) is 0 Å². The second-order valence-corrected chi connectivity index (χ2v) is 6.36. The van der Waals surface area contributed by atoms with Crippen LogP contribution in [0.3, 0.4) is 0 Å². The Morgan fingerprint density at radius 1 is 1.14 bits per heavy atom. The molecule has 0 radical (unpaired) electrons. The van der Waals surface area contributed by atoms with E-state index in [1.165, 1.54) is 25.9 Å². The molecule has 3 nitrogen and oxygen atoms in total. The van der Waals surface area contributed by atoms with E-state index >= 15 is 0 Å². The van der Waals surface area contributed by atoms with Crippen molar-refractivity contribution in [3.63, 3.8) is 0 Å². The number of hydrogen-bond acceptors (Lipinski definition) is 3. The standard InChI is InChI=1S/C18H23ClN2O/c1-3-21-12-10-16(11-13-21)20(2)18-9-8-17(22-18)14-4-6-15(19)7-5-14/h4-9,16H,3,10-13H2,1-2H3. The van der Waals surface area contributed by atoms with Gasteiger partial charge in [0.05, 0.1) is 0 Å². The van der Waals surface area contributed by atoms with Gasteiger partial charge < -0.3 is 14.2 Å². The van der Waals surface area contributed by atoms with Gasteiger partial charge in [-0.05, 0) is 49.7 Å². The Hall–Kier alpha value is -1.45. The van der Waals surface area contributed by atoms with Crippen LogP contribution >= 0.6 is 11.6 Å². The zero-order chi connectivity index (χ0) is 15.5. The van der Waals surface area contributed by atoms with Gasteiger partial charge in [0, 0.05) is 42.8 Å². The second kappa shape index (κ2) is 6.76. The first-order valence-electron chi connectivity index (χ1n) is 7.98. The molecule has 0 bridgehead atoms. The van der Waals surface area contributed by atoms with E-state index in [0.717, 1.165) is 28.8 Å². The molecule has 2 heterocycles. The van der Waals surface area contributed by atoms with Crippen molar-refractivity contribution in [1.29, 1.82) is 0 Å². The molecule has 118 valence electrons. The molecule has 0 aliphatic carbocycles. The van der Waals surface area contributed by atoms with Crippen molar-refractivity contribution in [3.05, 3.63) is 41.4 Å². The number of piperidine rings is 1. The number of rotatable bonds is 4. The number of benzene rings is 1. The van der Waals surface area contributed by atoms with Crippen LogP contribution in [0.5, 0.6) is 0 Å². The summed E-state index contributed by atoms with van der Waals surface area (Å²) in [7, 11) is 2.14. The smallest absolute Gasteiger partial charge is 0.196 e. The minimum Gasteiger partial charge on any atom is -0.441 e. The number of furan rings is 1. The summed E-state index contributed by atoms with van der Waals surface area (Å²) in [5.41, 5.74) is 1.06. The lowest BCUT2D eigenvalue weighted by molar-refractivity contribution is 0.219. The minimum atomic E-state index is 0.562. The van der Waals surface area contributed by atoms with Gasteiger partial charge in [-0.25, -0.2) is 0 Å². The third-order valence-corrected chi connectivity index (χ3v) is 4.87. The van der Waals surface area contributed by atoms with Gasteiger partial charge in [0.25, 0.3) is 0 Å². The molecule has 1 aliphatic heterocycles. The zero-order valence-corrected chi connectivity index (χ0v) is 14.0. The molecule has 1 saturated heterocycles. The number of likely N-dealkylation sites (tertiary alicyclic amines) is 1. The fraction of sp³-hybridized carbons (Fsp3) is 0.444. The molecule has 0 unspecified atom stereocenters. The van der Waals surface area contributed by atoms with E-state index in [0.29, 0.717) is 6.04 Å². The van der Waals surface area contributed by atoms with Crippen molar-refractivity contribution < 1.29 is 4.42 Å². The fourth-order valence-electron chi connectivity index (χ4n) is 3.09. The third-order valence-electron chi connectivity index (χ3n) is 4.62. The van der Waals surface area contributed by atoms with Crippen LogP contribution in [-0.4, -0.2) is 37.6 Å². The maximum absolute atomic E-state index is 6.05. The highest BCUT2D eigenvalue weighted by atomic mass is 35.5. The van der Waals surface area contributed by atoms with Crippen LogP contribution in [-0.2, 0) is 0 Å². The molecule has 22 heavy (non-hydrogen) atoms. The van der Waals surface area contributed by atoms with Crippen molar-refractivity contribution >= 4 is 17.5 Å². The molecule has 3 rings (SSSR count). The van der Waals surface area contributed by atoms with E-state index in [2.05, 4.69) is 29.8 Å². The molecule has 0 saturated carbocycles. The van der Waals surface area contributed by atoms with Crippen LogP contribution in [0, 0.1) is 0 Å². The Kier molecular flexibility index (Phi) is 4.74. The van der Waals surface area contributed by atoms with Crippen LogP contribution < -0.4 is 4.90 Å². The highest BCUT2D eigenvalue weighted by molar-refractivity contribution is 6.30. The molecule has 0 spiro atoms. The van der Waals surface area contributed by atoms with Crippen molar-refractivity contribution in [2.45, 2.75) is 25.8 Å². The maximum atomic E-state index is 6.05. The molecule has 0 amide bonds. The normalized spacial score (nSPS) is 16.9. The van der Waals surface area contributed by atoms with Crippen LogP contribution in [0.4, 0.5) is 5.88 Å². The predicted molar refractivity (Wildman–Crippen MR) is 92.7 cm³/mol. The minimum absolute atomic E-state index is 0.562. The summed E-state index contributed by atoms with van der Waals surface area (Å²) >= 11 is 5.94. The van der Waals surface area contributed by atoms with Gasteiger partial charge in [0.15, 0.2) is 5.88 Å². The van der Waals surface area contributed by atoms with Gasteiger partial charge in [-0.3, -0.25) is 0 Å². The fourth-order valence-corrected chi connectivity index (χ4v) is 3.22. The van der Waals surface area contributed by atoms with E-state index in [1.807, 2.05) is 30.3 Å². The summed E-state index contributed by atoms with van der Waals surface area (Å²) in [6.45, 7) is 5.74. The number of nitrogens with zero attached hydrogens (tertiary/aromatic N) is 2. The first kappa shape index (κ1) is 15.4. The highest BCUT2D eigenvalue weighted by Gasteiger charge is 2.23. The van der Waals surface area contributed by atoms with E-state index in [9.17, 15) is 0 Å². The lowest BCUT2D eigenvalue weighted by atomic mass is 10.0. The monoisotopic (exact) mass is 318 g/mol. The Balaban J connectivity index is 1.69. The Labute approximate surface area is 137 Å². The molecule has 1 fully saturated rings. The third kappa shape index (κ3) is 3.31. The summed E-state index contributed by atoms with van der Waals surface area (Å²) in [5, 5.41) is 0.746. The molecule has 1 aromatic heterocycles. The number of hydrogen-bond donors (Lipinski definition) is 0. The Bertz CT molecular complexity index is 600. The van der Waals surface area contributed by atoms with Gasteiger partial charge in [-0.15, -0.1) is 0 Å². The summed E-state index contributed by atoms with van der Waals surface area (Å²) < 4.78 is 6.05. The quantitative estimate of drug-likeness (QED) is 0.826. The molecule has 4 heteroatoms. The topological polar surface area (TPSA) is 19.6 Å². The lowest BCUT2D eigenvalue weighted by Crippen LogP contribution is -2.43. The van der Waals surface area contributed by atoms with E-state index in [1.54, 1.807) is 0 Å². The summed E-state index contributed by atoms with van der Waals surface area (Å²) in [6.07, 6.45) is 2.39. The van der Waals surface area contributed by atoms with Crippen LogP contribution in [0.1, 0.15) is 19.8 Å². The number of anilines is 1. The van der Waals surface area contributed by atoms with Crippen molar-refractivity contribution in [1.82, 2.24) is 4.90 Å². The molecule has 2 aromatic rings. The molecule has 1 aliphatic rings. The summed E-state index contributed by atoms with van der Waals surface area (Å²) in [5.74, 6) is 1.84. The largest absolute Gasteiger partial charge is 0.441 e. The average Bonchev–Trinajstić information content (AvgIpc) is 3.05. The SMILES string of the molecule is CCN1CCC(N(C)c2ccc(-c3ccc(Cl)cc3)o2)CC1. The van der Waals surface area contributed by atoms with E-state index in [-0.39, 0.29) is 0 Å². The first-order valence-corrected chi connectivity index (χ1v) is 8.36. The summed E-state index contributed by atoms with van der Waals surface area (Å²) in [6, 6.07) is 12.4. The average molecular weight is 319 g/mol. The second-order valence-electron chi connectivity index (χ2n) is 5.92. The van der Waals surface area contributed by atoms with E-state index < -0.39 is 0 Å². The molecule has 0 atom stereocenters. The zero-order valence-electron chi connectivity index (χ0n) is 13.3. The van der Waals surface area contributed by atoms with Gasteiger partial charge in [0.1, 0.15) is 5.76 Å². The van der Waals surface area contributed by atoms with Crippen LogP contribution in [0.15, 0.2) is 40.8 Å². The lowest BCUT2D eigenvalue weighted by Gasteiger charge is -2.36. The predicted octanol–water partition coefficient (Wildman–Crippen LogP) is 4.52. The van der Waals surface area contributed by atoms with Crippen molar-refractivity contribution in [2.75, 3.05) is 31.6 Å². The maximum Gasteiger partial charge on any atom is 0.196 e. The Morgan fingerprint density at radius 2 is 1.82 bits per heavy atom. The molecular weight excluding hydrogens is 296 g/mol. The molecule has 0 N–H and O–H groups in total. The Morgan fingerprint density at radius 3 is 2.45 bits per heavy atom. The highest BCUT2D eigenvalue weighted by Crippen LogP contribution is 2.30.